The summed E-state index contributed by atoms with van der Waals surface area (Å²) in [4.78, 5) is 0. The van der Waals surface area contributed by atoms with Gasteiger partial charge in [-0.25, -0.2) is 0 Å². The largest absolute Gasteiger partial charge is 0.382 e. The number of nitrogens with one attached hydrogen (secondary N) is 1. The van der Waals surface area contributed by atoms with Gasteiger partial charge < -0.3 is 10.1 Å². The van der Waals surface area contributed by atoms with Gasteiger partial charge >= 0.3 is 0 Å². The van der Waals surface area contributed by atoms with Crippen LogP contribution in [0, 0.1) is 0 Å². The first-order chi connectivity index (χ1) is 8.27. The van der Waals surface area contributed by atoms with Crippen molar-refractivity contribution >= 4 is 15.9 Å². The van der Waals surface area contributed by atoms with E-state index in [9.17, 15) is 0 Å². The molecule has 1 aromatic rings. The van der Waals surface area contributed by atoms with Crippen LogP contribution in [0.4, 0.5) is 0 Å². The lowest BCUT2D eigenvalue weighted by Crippen LogP contribution is -2.22. The van der Waals surface area contributed by atoms with Gasteiger partial charge in [0, 0.05) is 24.2 Å². The highest BCUT2D eigenvalue weighted by molar-refractivity contribution is 9.10. The maximum Gasteiger partial charge on any atom is 0.0472 e. The molecule has 0 aromatic heterocycles. The van der Waals surface area contributed by atoms with E-state index in [-0.39, 0.29) is 0 Å². The van der Waals surface area contributed by atoms with E-state index in [4.69, 9.17) is 4.74 Å². The molecule has 0 aliphatic heterocycles. The van der Waals surface area contributed by atoms with Crippen LogP contribution in [0.25, 0.3) is 0 Å². The summed E-state index contributed by atoms with van der Waals surface area (Å²) >= 11 is 3.47. The molecule has 0 saturated carbocycles. The second-order valence-electron chi connectivity index (χ2n) is 4.04. The molecule has 0 spiro atoms. The standard InChI is InChI=1S/C14H22BrNO/c1-3-16-11-13(9-10-17-4-2)12-5-7-14(15)8-6-12/h5-8,13,16H,3-4,9-11H2,1-2H3. The molecular weight excluding hydrogens is 278 g/mol. The fourth-order valence-electron chi connectivity index (χ4n) is 1.81. The summed E-state index contributed by atoms with van der Waals surface area (Å²) < 4.78 is 6.58. The molecule has 0 bridgehead atoms. The summed E-state index contributed by atoms with van der Waals surface area (Å²) in [7, 11) is 0. The highest BCUT2D eigenvalue weighted by Crippen LogP contribution is 2.21. The van der Waals surface area contributed by atoms with Gasteiger partial charge in [-0.2, -0.15) is 0 Å². The summed E-state index contributed by atoms with van der Waals surface area (Å²) in [6.07, 6.45) is 1.07. The third-order valence-corrected chi connectivity index (χ3v) is 3.33. The van der Waals surface area contributed by atoms with Gasteiger partial charge in [-0.15, -0.1) is 0 Å². The van der Waals surface area contributed by atoms with Crippen LogP contribution in [-0.4, -0.2) is 26.3 Å². The van der Waals surface area contributed by atoms with E-state index in [1.54, 1.807) is 0 Å². The summed E-state index contributed by atoms with van der Waals surface area (Å²) in [6, 6.07) is 8.60. The normalized spacial score (nSPS) is 12.6. The fourth-order valence-corrected chi connectivity index (χ4v) is 2.07. The molecule has 0 amide bonds. The number of likely N-dealkylation sites (N-methyl/N-ethyl adjacent to an activating group) is 1. The Bertz CT molecular complexity index is 300. The third kappa shape index (κ3) is 5.66. The van der Waals surface area contributed by atoms with Crippen molar-refractivity contribution in [3.05, 3.63) is 34.3 Å². The summed E-state index contributed by atoms with van der Waals surface area (Å²) in [5.41, 5.74) is 1.38. The predicted molar refractivity (Wildman–Crippen MR) is 76.5 cm³/mol. The second kappa shape index (κ2) is 8.67. The Kier molecular flexibility index (Phi) is 7.49. The van der Waals surface area contributed by atoms with Gasteiger partial charge in [-0.3, -0.25) is 0 Å². The van der Waals surface area contributed by atoms with Gasteiger partial charge in [-0.1, -0.05) is 35.0 Å². The number of ether oxygens (including phenoxy) is 1. The minimum absolute atomic E-state index is 0.537. The van der Waals surface area contributed by atoms with E-state index in [1.165, 1.54) is 5.56 Å². The Morgan fingerprint density at radius 1 is 1.24 bits per heavy atom. The minimum Gasteiger partial charge on any atom is -0.382 e. The zero-order valence-electron chi connectivity index (χ0n) is 10.7. The molecule has 0 fully saturated rings. The van der Waals surface area contributed by atoms with Crippen molar-refractivity contribution in [1.82, 2.24) is 5.32 Å². The molecule has 3 heteroatoms. The van der Waals surface area contributed by atoms with Gasteiger partial charge in [-0.05, 0) is 43.5 Å². The molecule has 1 atom stereocenters. The van der Waals surface area contributed by atoms with Crippen molar-refractivity contribution in [1.29, 1.82) is 0 Å². The quantitative estimate of drug-likeness (QED) is 0.741. The first-order valence-electron chi connectivity index (χ1n) is 6.31. The van der Waals surface area contributed by atoms with Crippen LogP contribution in [0.3, 0.4) is 0 Å². The van der Waals surface area contributed by atoms with Crippen molar-refractivity contribution in [3.63, 3.8) is 0 Å². The number of hydrogen-bond donors (Lipinski definition) is 1. The minimum atomic E-state index is 0.537. The third-order valence-electron chi connectivity index (χ3n) is 2.80. The maximum atomic E-state index is 5.45. The summed E-state index contributed by atoms with van der Waals surface area (Å²) in [5, 5.41) is 3.42. The van der Waals surface area contributed by atoms with E-state index in [1.807, 2.05) is 6.92 Å². The monoisotopic (exact) mass is 299 g/mol. The molecule has 0 aliphatic rings. The summed E-state index contributed by atoms with van der Waals surface area (Å²) in [5.74, 6) is 0.537. The van der Waals surface area contributed by atoms with E-state index in [0.29, 0.717) is 5.92 Å². The van der Waals surface area contributed by atoms with Gasteiger partial charge in [0.05, 0.1) is 0 Å². The lowest BCUT2D eigenvalue weighted by Gasteiger charge is -2.17. The van der Waals surface area contributed by atoms with E-state index >= 15 is 0 Å². The molecule has 17 heavy (non-hydrogen) atoms. The SMILES string of the molecule is CCNCC(CCOCC)c1ccc(Br)cc1. The fraction of sp³-hybridized carbons (Fsp3) is 0.571. The summed E-state index contributed by atoms with van der Waals surface area (Å²) in [6.45, 7) is 7.85. The molecule has 0 saturated heterocycles. The van der Waals surface area contributed by atoms with E-state index < -0.39 is 0 Å². The maximum absolute atomic E-state index is 5.45. The van der Waals surface area contributed by atoms with Crippen LogP contribution >= 0.6 is 15.9 Å². The molecule has 96 valence electrons. The Hall–Kier alpha value is -0.380. The average molecular weight is 300 g/mol. The average Bonchev–Trinajstić information content (AvgIpc) is 2.35. The molecular formula is C14H22BrNO. The zero-order valence-corrected chi connectivity index (χ0v) is 12.3. The zero-order chi connectivity index (χ0) is 12.5. The number of benzene rings is 1. The van der Waals surface area contributed by atoms with Crippen molar-refractivity contribution in [2.24, 2.45) is 0 Å². The molecule has 1 aromatic carbocycles. The second-order valence-corrected chi connectivity index (χ2v) is 4.96. The van der Waals surface area contributed by atoms with Gasteiger partial charge in [0.2, 0.25) is 0 Å². The molecule has 1 rings (SSSR count). The van der Waals surface area contributed by atoms with E-state index in [2.05, 4.69) is 52.4 Å². The highest BCUT2D eigenvalue weighted by atomic mass is 79.9. The molecule has 0 aliphatic carbocycles. The lowest BCUT2D eigenvalue weighted by molar-refractivity contribution is 0.139. The Balaban J connectivity index is 2.57. The van der Waals surface area contributed by atoms with Crippen LogP contribution in [0.1, 0.15) is 31.7 Å². The van der Waals surface area contributed by atoms with Gasteiger partial charge in [0.25, 0.3) is 0 Å². The first-order valence-corrected chi connectivity index (χ1v) is 7.11. The molecule has 2 nitrogen and oxygen atoms in total. The smallest absolute Gasteiger partial charge is 0.0472 e. The Morgan fingerprint density at radius 3 is 2.53 bits per heavy atom. The number of rotatable bonds is 8. The number of hydrogen-bond acceptors (Lipinski definition) is 2. The van der Waals surface area contributed by atoms with Crippen LogP contribution in [-0.2, 0) is 4.74 Å². The van der Waals surface area contributed by atoms with Gasteiger partial charge in [0.1, 0.15) is 0 Å². The van der Waals surface area contributed by atoms with Crippen LogP contribution < -0.4 is 5.32 Å². The van der Waals surface area contributed by atoms with Crippen LogP contribution in [0.15, 0.2) is 28.7 Å². The number of halogens is 1. The predicted octanol–water partition coefficient (Wildman–Crippen LogP) is 3.57. The lowest BCUT2D eigenvalue weighted by atomic mass is 9.96. The van der Waals surface area contributed by atoms with Crippen LogP contribution in [0.2, 0.25) is 0 Å². The van der Waals surface area contributed by atoms with Crippen LogP contribution in [0.5, 0.6) is 0 Å². The van der Waals surface area contributed by atoms with Crippen molar-refractivity contribution < 1.29 is 4.74 Å². The Labute approximate surface area is 113 Å². The van der Waals surface area contributed by atoms with Crippen molar-refractivity contribution in [2.75, 3.05) is 26.3 Å². The highest BCUT2D eigenvalue weighted by Gasteiger charge is 2.10. The molecule has 1 unspecified atom stereocenters. The topological polar surface area (TPSA) is 21.3 Å². The molecule has 0 radical (unpaired) electrons. The Morgan fingerprint density at radius 2 is 1.94 bits per heavy atom. The van der Waals surface area contributed by atoms with Gasteiger partial charge in [0.15, 0.2) is 0 Å². The van der Waals surface area contributed by atoms with Crippen molar-refractivity contribution in [3.8, 4) is 0 Å². The van der Waals surface area contributed by atoms with E-state index in [0.717, 1.165) is 37.2 Å². The van der Waals surface area contributed by atoms with Crippen molar-refractivity contribution in [2.45, 2.75) is 26.2 Å². The molecule has 0 heterocycles. The first kappa shape index (κ1) is 14.7. The molecule has 1 N–H and O–H groups in total.